The van der Waals surface area contributed by atoms with E-state index in [4.69, 9.17) is 0 Å². The van der Waals surface area contributed by atoms with E-state index in [0.717, 1.165) is 15.6 Å². The van der Waals surface area contributed by atoms with E-state index in [1.54, 1.807) is 6.07 Å². The molecule has 0 saturated heterocycles. The number of halogens is 1. The number of benzene rings is 1. The van der Waals surface area contributed by atoms with Crippen LogP contribution in [0, 0.1) is 6.92 Å². The van der Waals surface area contributed by atoms with Gasteiger partial charge in [-0.15, -0.1) is 0 Å². The summed E-state index contributed by atoms with van der Waals surface area (Å²) in [7, 11) is 0. The summed E-state index contributed by atoms with van der Waals surface area (Å²) in [6.07, 6.45) is 1.83. The van der Waals surface area contributed by atoms with Gasteiger partial charge in [-0.25, -0.2) is 4.79 Å². The second-order valence-corrected chi connectivity index (χ2v) is 6.53. The Morgan fingerprint density at radius 2 is 1.92 bits per heavy atom. The molecule has 0 aliphatic heterocycles. The summed E-state index contributed by atoms with van der Waals surface area (Å²) in [5, 5.41) is 0.328. The third-order valence-corrected chi connectivity index (χ3v) is 5.23. The van der Waals surface area contributed by atoms with Crippen LogP contribution in [-0.4, -0.2) is 20.2 Å². The number of pyridine rings is 1. The summed E-state index contributed by atoms with van der Waals surface area (Å²) in [5.41, 5.74) is 1.91. The van der Waals surface area contributed by atoms with Crippen LogP contribution >= 0.6 is 15.9 Å². The van der Waals surface area contributed by atoms with E-state index in [1.165, 1.54) is 12.1 Å². The van der Waals surface area contributed by atoms with Crippen molar-refractivity contribution in [2.24, 2.45) is 0 Å². The first-order valence-corrected chi connectivity index (χ1v) is 8.33. The van der Waals surface area contributed by atoms with E-state index in [9.17, 15) is 14.4 Å². The fourth-order valence-electron chi connectivity index (χ4n) is 3.02. The van der Waals surface area contributed by atoms with Gasteiger partial charge < -0.3 is 9.38 Å². The van der Waals surface area contributed by atoms with Gasteiger partial charge in [-0.05, 0) is 52.7 Å². The fraction of sp³-hybridized carbons (Fsp3) is 0.0556. The number of H-pyrrole nitrogens is 2. The maximum absolute atomic E-state index is 13.1. The molecule has 6 nitrogen and oxygen atoms in total. The Kier molecular flexibility index (Phi) is 3.47. The summed E-state index contributed by atoms with van der Waals surface area (Å²) in [4.78, 5) is 41.1. The molecule has 0 amide bonds. The number of aromatic amines is 2. The van der Waals surface area contributed by atoms with Gasteiger partial charge in [0.15, 0.2) is 0 Å². The molecule has 3 heterocycles. The molecule has 0 spiro atoms. The maximum atomic E-state index is 13.1. The highest BCUT2D eigenvalue weighted by Gasteiger charge is 2.20. The van der Waals surface area contributed by atoms with E-state index in [0.29, 0.717) is 22.2 Å². The first-order valence-electron chi connectivity index (χ1n) is 7.53. The molecule has 0 bridgehead atoms. The number of aromatic nitrogens is 3. The van der Waals surface area contributed by atoms with E-state index in [1.807, 2.05) is 35.7 Å². The van der Waals surface area contributed by atoms with Gasteiger partial charge in [0, 0.05) is 16.2 Å². The number of fused-ring (bicyclic) bond motifs is 2. The van der Waals surface area contributed by atoms with Gasteiger partial charge in [-0.3, -0.25) is 14.6 Å². The molecule has 124 valence electrons. The van der Waals surface area contributed by atoms with Crippen LogP contribution in [0.25, 0.3) is 16.4 Å². The first-order chi connectivity index (χ1) is 12.0. The second-order valence-electron chi connectivity index (χ2n) is 5.74. The van der Waals surface area contributed by atoms with E-state index >= 15 is 0 Å². The number of rotatable bonds is 2. The highest BCUT2D eigenvalue weighted by molar-refractivity contribution is 9.10. The summed E-state index contributed by atoms with van der Waals surface area (Å²) < 4.78 is 2.69. The lowest BCUT2D eigenvalue weighted by molar-refractivity contribution is 0.103. The molecule has 0 aliphatic rings. The molecule has 0 unspecified atom stereocenters. The van der Waals surface area contributed by atoms with Crippen molar-refractivity contribution in [1.29, 1.82) is 0 Å². The minimum atomic E-state index is -0.603. The van der Waals surface area contributed by atoms with Gasteiger partial charge in [-0.2, -0.15) is 0 Å². The van der Waals surface area contributed by atoms with Crippen molar-refractivity contribution >= 4 is 38.1 Å². The number of hydrogen-bond acceptors (Lipinski definition) is 3. The number of nitrogens with zero attached hydrogens (tertiary/aromatic N) is 1. The van der Waals surface area contributed by atoms with Crippen LogP contribution < -0.4 is 11.2 Å². The molecule has 0 radical (unpaired) electrons. The van der Waals surface area contributed by atoms with Crippen molar-refractivity contribution < 1.29 is 4.79 Å². The third kappa shape index (κ3) is 2.35. The molecule has 7 heteroatoms. The van der Waals surface area contributed by atoms with Crippen molar-refractivity contribution in [1.82, 2.24) is 14.4 Å². The second kappa shape index (κ2) is 5.56. The smallest absolute Gasteiger partial charge is 0.312 e. The molecule has 4 rings (SSSR count). The molecule has 2 N–H and O–H groups in total. The van der Waals surface area contributed by atoms with Gasteiger partial charge in [0.1, 0.15) is 0 Å². The van der Waals surface area contributed by atoms with Crippen molar-refractivity contribution in [2.45, 2.75) is 6.92 Å². The van der Waals surface area contributed by atoms with Gasteiger partial charge in [0.05, 0.1) is 22.1 Å². The zero-order chi connectivity index (χ0) is 17.7. The summed E-state index contributed by atoms with van der Waals surface area (Å²) >= 11 is 3.54. The first kappa shape index (κ1) is 15.6. The Hall–Kier alpha value is -2.93. The molecule has 0 aliphatic carbocycles. The molecular formula is C18H12BrN3O3. The van der Waals surface area contributed by atoms with Crippen LogP contribution in [0.4, 0.5) is 0 Å². The zero-order valence-corrected chi connectivity index (χ0v) is 14.7. The largest absolute Gasteiger partial charge is 0.326 e. The predicted octanol–water partition coefficient (Wildman–Crippen LogP) is 2.77. The van der Waals surface area contributed by atoms with Crippen LogP contribution in [0.5, 0.6) is 0 Å². The third-order valence-electron chi connectivity index (χ3n) is 4.23. The minimum Gasteiger partial charge on any atom is -0.312 e. The number of nitrogens with one attached hydrogen (secondary N) is 2. The zero-order valence-electron chi connectivity index (χ0n) is 13.1. The highest BCUT2D eigenvalue weighted by Crippen LogP contribution is 2.30. The van der Waals surface area contributed by atoms with Crippen LogP contribution in [0.1, 0.15) is 21.6 Å². The van der Waals surface area contributed by atoms with E-state index in [2.05, 4.69) is 25.9 Å². The Labute approximate surface area is 149 Å². The molecule has 0 fully saturated rings. The van der Waals surface area contributed by atoms with Gasteiger partial charge in [0.2, 0.25) is 5.78 Å². The molecular weight excluding hydrogens is 386 g/mol. The normalized spacial score (nSPS) is 11.3. The summed E-state index contributed by atoms with van der Waals surface area (Å²) in [6, 6.07) is 10.3. The summed E-state index contributed by atoms with van der Waals surface area (Å²) in [5.74, 6) is -0.188. The Morgan fingerprint density at radius 1 is 1.12 bits per heavy atom. The van der Waals surface area contributed by atoms with Crippen LogP contribution in [0.2, 0.25) is 0 Å². The van der Waals surface area contributed by atoms with Crippen molar-refractivity contribution in [3.05, 3.63) is 84.7 Å². The average Bonchev–Trinajstić information content (AvgIpc) is 2.85. The predicted molar refractivity (Wildman–Crippen MR) is 98.5 cm³/mol. The van der Waals surface area contributed by atoms with Crippen LogP contribution in [-0.2, 0) is 0 Å². The molecule has 1 aromatic carbocycles. The summed E-state index contributed by atoms with van der Waals surface area (Å²) in [6.45, 7) is 1.87. The SMILES string of the molecule is Cc1c(Br)c2ccccn2c1C(=O)c1ccc2c(=O)[nH]c(=O)[nH]c2c1. The Morgan fingerprint density at radius 3 is 2.72 bits per heavy atom. The minimum absolute atomic E-state index is 0.188. The van der Waals surface area contributed by atoms with Crippen LogP contribution in [0.3, 0.4) is 0 Å². The molecule has 3 aromatic heterocycles. The molecule has 25 heavy (non-hydrogen) atoms. The lowest BCUT2D eigenvalue weighted by Gasteiger charge is -2.05. The van der Waals surface area contributed by atoms with Crippen LogP contribution in [0.15, 0.2) is 56.7 Å². The van der Waals surface area contributed by atoms with Gasteiger partial charge in [-0.1, -0.05) is 12.1 Å². The van der Waals surface area contributed by atoms with E-state index < -0.39 is 11.2 Å². The Bertz CT molecular complexity index is 1280. The van der Waals surface area contributed by atoms with Gasteiger partial charge in [0.25, 0.3) is 5.56 Å². The quantitative estimate of drug-likeness (QED) is 0.509. The standard InChI is InChI=1S/C18H12BrN3O3/c1-9-14(19)13-4-2-3-7-22(13)15(9)16(23)10-5-6-11-12(8-10)20-18(25)21-17(11)24/h2-8H,1H3,(H2,20,21,24,25). The van der Waals surface area contributed by atoms with Gasteiger partial charge >= 0.3 is 5.69 Å². The van der Waals surface area contributed by atoms with Crippen molar-refractivity contribution in [3.8, 4) is 0 Å². The number of carbonyl (C=O) groups is 1. The Balaban J connectivity index is 1.96. The van der Waals surface area contributed by atoms with E-state index in [-0.39, 0.29) is 5.78 Å². The highest BCUT2D eigenvalue weighted by atomic mass is 79.9. The van der Waals surface area contributed by atoms with Crippen molar-refractivity contribution in [3.63, 3.8) is 0 Å². The average molecular weight is 398 g/mol. The maximum Gasteiger partial charge on any atom is 0.326 e. The lowest BCUT2D eigenvalue weighted by atomic mass is 10.0. The molecule has 0 saturated carbocycles. The topological polar surface area (TPSA) is 87.2 Å². The van der Waals surface area contributed by atoms with Crippen molar-refractivity contribution in [2.75, 3.05) is 0 Å². The molecule has 0 atom stereocenters. The molecule has 4 aromatic rings. The monoisotopic (exact) mass is 397 g/mol. The number of carbonyl (C=O) groups excluding carboxylic acids is 1. The lowest BCUT2D eigenvalue weighted by Crippen LogP contribution is -2.22. The fourth-order valence-corrected chi connectivity index (χ4v) is 3.53. The number of hydrogen-bond donors (Lipinski definition) is 2. The number of ketones is 1.